The van der Waals surface area contributed by atoms with Gasteiger partial charge >= 0.3 is 5.97 Å². The van der Waals surface area contributed by atoms with Gasteiger partial charge < -0.3 is 10.4 Å². The molecule has 2 aromatic rings. The number of hydrogen-bond acceptors (Lipinski definition) is 6. The molecule has 9 heteroatoms. The van der Waals surface area contributed by atoms with Crippen LogP contribution in [0.5, 0.6) is 0 Å². The number of rotatable bonds is 6. The lowest BCUT2D eigenvalue weighted by atomic mass is 9.81. The maximum Gasteiger partial charge on any atom is 0.329 e. The second-order valence-corrected chi connectivity index (χ2v) is 7.99. The van der Waals surface area contributed by atoms with Crippen LogP contribution in [0.4, 0.5) is 0 Å². The molecule has 134 valence electrons. The third-order valence-electron chi connectivity index (χ3n) is 4.33. The molecule has 0 saturated heterocycles. The van der Waals surface area contributed by atoms with Gasteiger partial charge in [-0.25, -0.2) is 9.78 Å². The molecule has 1 aliphatic rings. The summed E-state index contributed by atoms with van der Waals surface area (Å²) in [5, 5.41) is 14.0. The molecule has 1 amide bonds. The van der Waals surface area contributed by atoms with Gasteiger partial charge in [0.2, 0.25) is 5.91 Å². The van der Waals surface area contributed by atoms with E-state index in [0.29, 0.717) is 29.2 Å². The van der Waals surface area contributed by atoms with Crippen LogP contribution in [0.3, 0.4) is 0 Å². The van der Waals surface area contributed by atoms with Crippen LogP contribution in [0.2, 0.25) is 0 Å². The first-order valence-corrected chi connectivity index (χ1v) is 10.1. The SMILES string of the molecule is O=C(CSCc1cc(=O)n2ccsc2n1)NC1(C(=O)O)CCCCC1. The van der Waals surface area contributed by atoms with Crippen LogP contribution in [0.15, 0.2) is 22.4 Å². The molecule has 0 spiro atoms. The Hall–Kier alpha value is -1.87. The molecular weight excluding hydrogens is 362 g/mol. The van der Waals surface area contributed by atoms with E-state index in [2.05, 4.69) is 10.3 Å². The quantitative estimate of drug-likeness (QED) is 0.792. The molecule has 0 aliphatic heterocycles. The van der Waals surface area contributed by atoms with E-state index in [9.17, 15) is 19.5 Å². The number of fused-ring (bicyclic) bond motifs is 1. The smallest absolute Gasteiger partial charge is 0.329 e. The maximum absolute atomic E-state index is 12.2. The van der Waals surface area contributed by atoms with Crippen molar-refractivity contribution in [2.45, 2.75) is 43.4 Å². The zero-order chi connectivity index (χ0) is 17.9. The molecule has 2 aromatic heterocycles. The van der Waals surface area contributed by atoms with Crippen LogP contribution < -0.4 is 10.9 Å². The van der Waals surface area contributed by atoms with Gasteiger partial charge in [0.1, 0.15) is 5.54 Å². The Morgan fingerprint density at radius 3 is 2.84 bits per heavy atom. The van der Waals surface area contributed by atoms with Crippen LogP contribution in [-0.4, -0.2) is 37.7 Å². The molecule has 1 fully saturated rings. The Morgan fingerprint density at radius 2 is 2.12 bits per heavy atom. The third-order valence-corrected chi connectivity index (χ3v) is 6.06. The zero-order valence-electron chi connectivity index (χ0n) is 13.6. The van der Waals surface area contributed by atoms with E-state index in [-0.39, 0.29) is 17.2 Å². The molecule has 2 heterocycles. The van der Waals surface area contributed by atoms with Crippen LogP contribution in [0.1, 0.15) is 37.8 Å². The fraction of sp³-hybridized carbons (Fsp3) is 0.500. The summed E-state index contributed by atoms with van der Waals surface area (Å²) in [6.45, 7) is 0. The number of aromatic nitrogens is 2. The Morgan fingerprint density at radius 1 is 1.36 bits per heavy atom. The number of amides is 1. The van der Waals surface area contributed by atoms with E-state index in [1.807, 2.05) is 0 Å². The largest absolute Gasteiger partial charge is 0.480 e. The van der Waals surface area contributed by atoms with E-state index < -0.39 is 11.5 Å². The number of carbonyl (C=O) groups is 2. The van der Waals surface area contributed by atoms with Crippen molar-refractivity contribution in [3.63, 3.8) is 0 Å². The van der Waals surface area contributed by atoms with Crippen molar-refractivity contribution in [2.24, 2.45) is 0 Å². The normalized spacial score (nSPS) is 16.6. The van der Waals surface area contributed by atoms with Crippen LogP contribution in [0, 0.1) is 0 Å². The summed E-state index contributed by atoms with van der Waals surface area (Å²) in [5.41, 5.74) is -0.641. The first-order valence-electron chi connectivity index (χ1n) is 8.08. The average molecular weight is 381 g/mol. The van der Waals surface area contributed by atoms with Crippen molar-refractivity contribution >= 4 is 39.9 Å². The van der Waals surface area contributed by atoms with Crippen molar-refractivity contribution in [2.75, 3.05) is 5.75 Å². The molecule has 0 aromatic carbocycles. The predicted octanol–water partition coefficient (Wildman–Crippen LogP) is 1.89. The molecule has 7 nitrogen and oxygen atoms in total. The van der Waals surface area contributed by atoms with E-state index in [4.69, 9.17) is 0 Å². The van der Waals surface area contributed by atoms with Gasteiger partial charge in [-0.15, -0.1) is 23.1 Å². The van der Waals surface area contributed by atoms with Gasteiger partial charge in [0.05, 0.1) is 11.4 Å². The zero-order valence-corrected chi connectivity index (χ0v) is 15.2. The number of nitrogens with one attached hydrogen (secondary N) is 1. The second-order valence-electron chi connectivity index (χ2n) is 6.13. The highest BCUT2D eigenvalue weighted by molar-refractivity contribution is 7.99. The summed E-state index contributed by atoms with van der Waals surface area (Å²) in [5.74, 6) is -0.677. The number of thiazole rings is 1. The number of carboxylic acid groups (broad SMARTS) is 1. The summed E-state index contributed by atoms with van der Waals surface area (Å²) in [7, 11) is 0. The minimum Gasteiger partial charge on any atom is -0.480 e. The first kappa shape index (κ1) is 17.9. The average Bonchev–Trinajstić information content (AvgIpc) is 3.04. The number of nitrogens with zero attached hydrogens (tertiary/aromatic N) is 2. The highest BCUT2D eigenvalue weighted by atomic mass is 32.2. The lowest BCUT2D eigenvalue weighted by Gasteiger charge is -2.33. The highest BCUT2D eigenvalue weighted by Crippen LogP contribution is 2.28. The van der Waals surface area contributed by atoms with Gasteiger partial charge in [-0.05, 0) is 12.8 Å². The van der Waals surface area contributed by atoms with Crippen molar-refractivity contribution < 1.29 is 14.7 Å². The number of thioether (sulfide) groups is 1. The third kappa shape index (κ3) is 4.04. The van der Waals surface area contributed by atoms with Crippen molar-refractivity contribution in [3.05, 3.63) is 33.7 Å². The van der Waals surface area contributed by atoms with E-state index in [1.165, 1.54) is 33.6 Å². The molecule has 25 heavy (non-hydrogen) atoms. The van der Waals surface area contributed by atoms with Gasteiger partial charge in [-0.1, -0.05) is 19.3 Å². The molecular formula is C16H19N3O4S2. The fourth-order valence-electron chi connectivity index (χ4n) is 3.06. The summed E-state index contributed by atoms with van der Waals surface area (Å²) < 4.78 is 1.48. The summed E-state index contributed by atoms with van der Waals surface area (Å²) >= 11 is 2.70. The lowest BCUT2D eigenvalue weighted by molar-refractivity contribution is -0.148. The predicted molar refractivity (Wildman–Crippen MR) is 97.1 cm³/mol. The Kier molecular flexibility index (Phi) is 5.43. The van der Waals surface area contributed by atoms with Gasteiger partial charge in [-0.3, -0.25) is 14.0 Å². The van der Waals surface area contributed by atoms with Crippen molar-refractivity contribution in [3.8, 4) is 0 Å². The molecule has 0 bridgehead atoms. The second kappa shape index (κ2) is 7.57. The van der Waals surface area contributed by atoms with E-state index >= 15 is 0 Å². The van der Waals surface area contributed by atoms with Crippen molar-refractivity contribution in [1.29, 1.82) is 0 Å². The molecule has 0 radical (unpaired) electrons. The number of aliphatic carboxylic acids is 1. The van der Waals surface area contributed by atoms with E-state index in [1.54, 1.807) is 11.6 Å². The standard InChI is InChI=1S/C16H19N3O4S2/c20-12(18-16(14(22)23)4-2-1-3-5-16)10-24-9-11-8-13(21)19-6-7-25-15(19)17-11/h6-8H,1-5,9-10H2,(H,18,20)(H,22,23). The van der Waals surface area contributed by atoms with Crippen molar-refractivity contribution in [1.82, 2.24) is 14.7 Å². The summed E-state index contributed by atoms with van der Waals surface area (Å²) in [6.07, 6.45) is 5.27. The number of carboxylic acids is 1. The molecule has 1 aliphatic carbocycles. The van der Waals surface area contributed by atoms with E-state index in [0.717, 1.165) is 19.3 Å². The van der Waals surface area contributed by atoms with Crippen LogP contribution >= 0.6 is 23.1 Å². The number of hydrogen-bond donors (Lipinski definition) is 2. The number of carbonyl (C=O) groups excluding carboxylic acids is 1. The topological polar surface area (TPSA) is 101 Å². The minimum absolute atomic E-state index is 0.139. The maximum atomic E-state index is 12.2. The van der Waals surface area contributed by atoms with Gasteiger partial charge in [0.25, 0.3) is 5.56 Å². The van der Waals surface area contributed by atoms with Gasteiger partial charge in [-0.2, -0.15) is 0 Å². The summed E-state index contributed by atoms with van der Waals surface area (Å²) in [6, 6.07) is 1.46. The fourth-order valence-corrected chi connectivity index (χ4v) is 4.52. The first-order chi connectivity index (χ1) is 12.0. The summed E-state index contributed by atoms with van der Waals surface area (Å²) in [4.78, 5) is 40.7. The minimum atomic E-state index is -1.12. The highest BCUT2D eigenvalue weighted by Gasteiger charge is 2.40. The van der Waals surface area contributed by atoms with Crippen LogP contribution in [-0.2, 0) is 15.3 Å². The Bertz CT molecular complexity index is 839. The van der Waals surface area contributed by atoms with Crippen LogP contribution in [0.25, 0.3) is 4.96 Å². The molecule has 0 atom stereocenters. The van der Waals surface area contributed by atoms with Gasteiger partial charge in [0, 0.05) is 23.4 Å². The molecule has 0 unspecified atom stereocenters. The molecule has 2 N–H and O–H groups in total. The molecule has 3 rings (SSSR count). The molecule has 1 saturated carbocycles. The lowest BCUT2D eigenvalue weighted by Crippen LogP contribution is -2.56. The monoisotopic (exact) mass is 381 g/mol. The Labute approximate surface area is 152 Å². The van der Waals surface area contributed by atoms with Gasteiger partial charge in [0.15, 0.2) is 4.96 Å². The Balaban J connectivity index is 1.56.